The molecule has 1 rings (SSSR count). The largest absolute Gasteiger partial charge is 0.517 e. The zero-order chi connectivity index (χ0) is 8.43. The maximum atomic E-state index is 9.93. The van der Waals surface area contributed by atoms with Crippen LogP contribution in [0, 0.1) is 20.2 Å². The van der Waals surface area contributed by atoms with Crippen molar-refractivity contribution in [3.8, 4) is 0 Å². The van der Waals surface area contributed by atoms with Crippen molar-refractivity contribution >= 4 is 11.6 Å². The molecule has 0 N–H and O–H groups in total. The predicted octanol–water partition coefficient (Wildman–Crippen LogP) is -0.114. The second kappa shape index (κ2) is 2.28. The molecule has 58 valence electrons. The van der Waals surface area contributed by atoms with Gasteiger partial charge in [0.1, 0.15) is 0 Å². The van der Waals surface area contributed by atoms with Crippen molar-refractivity contribution in [2.45, 2.75) is 0 Å². The number of hydrogen-bond acceptors (Lipinski definition) is 7. The molecule has 0 atom stereocenters. The molecule has 9 heteroatoms. The Morgan fingerprint density at radius 1 is 1.09 bits per heavy atom. The first-order valence-electron chi connectivity index (χ1n) is 2.24. The van der Waals surface area contributed by atoms with Gasteiger partial charge < -0.3 is 20.2 Å². The van der Waals surface area contributed by atoms with Gasteiger partial charge in [-0.1, -0.05) is 0 Å². The van der Waals surface area contributed by atoms with E-state index in [0.29, 0.717) is 0 Å². The first-order chi connectivity index (χ1) is 5.13. The normalized spacial score (nSPS) is 9.45. The smallest absolute Gasteiger partial charge is 0.357 e. The summed E-state index contributed by atoms with van der Waals surface area (Å²) in [5.41, 5.74) is 0. The molecule has 1 aromatic heterocycles. The summed E-state index contributed by atoms with van der Waals surface area (Å²) in [5.74, 6) is -1.98. The van der Waals surface area contributed by atoms with E-state index in [2.05, 4.69) is 14.9 Å². The van der Waals surface area contributed by atoms with Crippen molar-refractivity contribution in [3.63, 3.8) is 0 Å². The van der Waals surface area contributed by atoms with Crippen LogP contribution in [-0.4, -0.2) is 20.2 Å². The van der Waals surface area contributed by atoms with Crippen LogP contribution in [0.25, 0.3) is 0 Å². The Balaban J connectivity index is 3.16. The SMILES string of the molecule is O=[N+]([O-])c1nonc1[N+](=O)[O-]. The molecule has 0 bridgehead atoms. The summed E-state index contributed by atoms with van der Waals surface area (Å²) in [5, 5.41) is 25.3. The van der Waals surface area contributed by atoms with Crippen molar-refractivity contribution in [1.29, 1.82) is 0 Å². The Labute approximate surface area is 57.9 Å². The monoisotopic (exact) mass is 160 g/mol. The summed E-state index contributed by atoms with van der Waals surface area (Å²) in [7, 11) is 0. The fourth-order valence-electron chi connectivity index (χ4n) is 0.409. The summed E-state index contributed by atoms with van der Waals surface area (Å²) in [6, 6.07) is 0. The van der Waals surface area contributed by atoms with E-state index in [9.17, 15) is 20.2 Å². The summed E-state index contributed by atoms with van der Waals surface area (Å²) in [6.45, 7) is 0. The minimum absolute atomic E-state index is 0.991. The minimum Gasteiger partial charge on any atom is -0.357 e. The van der Waals surface area contributed by atoms with Crippen molar-refractivity contribution in [3.05, 3.63) is 20.2 Å². The molecular weight excluding hydrogens is 160 g/mol. The van der Waals surface area contributed by atoms with E-state index >= 15 is 0 Å². The van der Waals surface area contributed by atoms with Crippen LogP contribution in [0.1, 0.15) is 0 Å². The zero-order valence-corrected chi connectivity index (χ0v) is 4.83. The molecule has 1 aromatic rings. The van der Waals surface area contributed by atoms with Gasteiger partial charge in [0.05, 0.1) is 0 Å². The summed E-state index contributed by atoms with van der Waals surface area (Å²) in [6.07, 6.45) is 0. The summed E-state index contributed by atoms with van der Waals surface area (Å²) in [4.78, 5) is 17.8. The third-order valence-electron chi connectivity index (χ3n) is 0.800. The van der Waals surface area contributed by atoms with Crippen LogP contribution in [0.15, 0.2) is 4.63 Å². The molecule has 9 nitrogen and oxygen atoms in total. The Morgan fingerprint density at radius 3 is 1.73 bits per heavy atom. The first kappa shape index (κ1) is 7.05. The molecule has 0 aliphatic rings. The standard InChI is InChI=1S/C2N4O5/c7-5(8)1-2(6(9)10)4-11-3-1. The van der Waals surface area contributed by atoms with E-state index in [1.54, 1.807) is 0 Å². The van der Waals surface area contributed by atoms with Gasteiger partial charge >= 0.3 is 11.6 Å². The van der Waals surface area contributed by atoms with Gasteiger partial charge in [-0.25, -0.2) is 0 Å². The van der Waals surface area contributed by atoms with Crippen LogP contribution in [0.2, 0.25) is 0 Å². The van der Waals surface area contributed by atoms with Gasteiger partial charge in [-0.2, -0.15) is 0 Å². The minimum atomic E-state index is -1.05. The molecule has 11 heavy (non-hydrogen) atoms. The lowest BCUT2D eigenvalue weighted by atomic mass is 10.7. The average molecular weight is 160 g/mol. The van der Waals surface area contributed by atoms with Crippen LogP contribution in [0.5, 0.6) is 0 Å². The number of aromatic nitrogens is 2. The van der Waals surface area contributed by atoms with E-state index < -0.39 is 21.5 Å². The molecule has 0 amide bonds. The first-order valence-corrected chi connectivity index (χ1v) is 2.24. The van der Waals surface area contributed by atoms with Gasteiger partial charge in [-0.05, 0) is 14.5 Å². The van der Waals surface area contributed by atoms with Gasteiger partial charge in [-0.15, -0.1) is 0 Å². The van der Waals surface area contributed by atoms with Gasteiger partial charge in [-0.3, -0.25) is 0 Å². The van der Waals surface area contributed by atoms with Crippen LogP contribution >= 0.6 is 0 Å². The van der Waals surface area contributed by atoms with E-state index in [-0.39, 0.29) is 0 Å². The van der Waals surface area contributed by atoms with Crippen molar-refractivity contribution in [2.75, 3.05) is 0 Å². The van der Waals surface area contributed by atoms with Gasteiger partial charge in [0.25, 0.3) is 0 Å². The summed E-state index contributed by atoms with van der Waals surface area (Å²) < 4.78 is 3.78. The lowest BCUT2D eigenvalue weighted by Crippen LogP contribution is -1.94. The molecule has 1 heterocycles. The predicted molar refractivity (Wildman–Crippen MR) is 27.6 cm³/mol. The second-order valence-corrected chi connectivity index (χ2v) is 1.43. The molecule has 0 fully saturated rings. The molecule has 0 aromatic carbocycles. The molecule has 0 unspecified atom stereocenters. The van der Waals surface area contributed by atoms with Crippen molar-refractivity contribution < 1.29 is 14.5 Å². The van der Waals surface area contributed by atoms with Gasteiger partial charge in [0.15, 0.2) is 0 Å². The highest BCUT2D eigenvalue weighted by molar-refractivity contribution is 5.35. The number of rotatable bonds is 2. The van der Waals surface area contributed by atoms with Crippen LogP contribution in [0.4, 0.5) is 11.6 Å². The third kappa shape index (κ3) is 1.10. The maximum Gasteiger partial charge on any atom is 0.517 e. The lowest BCUT2D eigenvalue weighted by Gasteiger charge is -1.84. The van der Waals surface area contributed by atoms with E-state index in [1.807, 2.05) is 0 Å². The maximum absolute atomic E-state index is 9.93. The highest BCUT2D eigenvalue weighted by Gasteiger charge is 2.33. The van der Waals surface area contributed by atoms with Gasteiger partial charge in [0, 0.05) is 0 Å². The lowest BCUT2D eigenvalue weighted by molar-refractivity contribution is -0.427. The highest BCUT2D eigenvalue weighted by atomic mass is 16.7. The molecule has 0 saturated heterocycles. The Morgan fingerprint density at radius 2 is 1.45 bits per heavy atom. The topological polar surface area (TPSA) is 125 Å². The zero-order valence-electron chi connectivity index (χ0n) is 4.83. The van der Waals surface area contributed by atoms with Crippen molar-refractivity contribution in [1.82, 2.24) is 10.3 Å². The molecule has 0 aliphatic carbocycles. The second-order valence-electron chi connectivity index (χ2n) is 1.43. The average Bonchev–Trinajstić information content (AvgIpc) is 2.32. The molecule has 0 saturated carbocycles. The fraction of sp³-hybridized carbons (Fsp3) is 0. The van der Waals surface area contributed by atoms with Crippen molar-refractivity contribution in [2.24, 2.45) is 0 Å². The number of nitro groups is 2. The van der Waals surface area contributed by atoms with Crippen LogP contribution < -0.4 is 0 Å². The fourth-order valence-corrected chi connectivity index (χ4v) is 0.409. The summed E-state index contributed by atoms with van der Waals surface area (Å²) >= 11 is 0. The Bertz CT molecular complexity index is 275. The molecule has 0 radical (unpaired) electrons. The molecule has 0 spiro atoms. The molecular formula is C2N4O5. The van der Waals surface area contributed by atoms with Gasteiger partial charge in [0.2, 0.25) is 10.3 Å². The Hall–Kier alpha value is -2.06. The van der Waals surface area contributed by atoms with E-state index in [1.165, 1.54) is 0 Å². The van der Waals surface area contributed by atoms with E-state index in [4.69, 9.17) is 0 Å². The van der Waals surface area contributed by atoms with Crippen LogP contribution in [-0.2, 0) is 0 Å². The number of nitrogens with zero attached hydrogens (tertiary/aromatic N) is 4. The number of hydrogen-bond donors (Lipinski definition) is 0. The van der Waals surface area contributed by atoms with Crippen LogP contribution in [0.3, 0.4) is 0 Å². The highest BCUT2D eigenvalue weighted by Crippen LogP contribution is 2.19. The molecule has 0 aliphatic heterocycles. The quantitative estimate of drug-likeness (QED) is 0.436. The van der Waals surface area contributed by atoms with E-state index in [0.717, 1.165) is 0 Å². The third-order valence-corrected chi connectivity index (χ3v) is 0.800. The Kier molecular flexibility index (Phi) is 1.46.